The minimum atomic E-state index is 0.218. The minimum absolute atomic E-state index is 0.218. The van der Waals surface area contributed by atoms with Crippen molar-refractivity contribution in [3.8, 4) is 0 Å². The van der Waals surface area contributed by atoms with Gasteiger partial charge in [-0.2, -0.15) is 0 Å². The van der Waals surface area contributed by atoms with E-state index in [0.29, 0.717) is 11.1 Å². The standard InChI is InChI=1S/C12H16BrClN2O/c13-9-7-11(14)12(15-8-9)16-5-2-1-3-10(16)4-6-17/h7-8,10,17H,1-6H2. The number of nitrogens with zero attached hydrogens (tertiary/aromatic N) is 2. The highest BCUT2D eigenvalue weighted by Gasteiger charge is 2.24. The van der Waals surface area contributed by atoms with Crippen LogP contribution in [0.1, 0.15) is 25.7 Å². The maximum Gasteiger partial charge on any atom is 0.147 e. The predicted octanol–water partition coefficient (Wildman–Crippen LogP) is 3.24. The van der Waals surface area contributed by atoms with Gasteiger partial charge in [0.15, 0.2) is 0 Å². The molecular formula is C12H16BrClN2O. The summed E-state index contributed by atoms with van der Waals surface area (Å²) in [4.78, 5) is 6.63. The van der Waals surface area contributed by atoms with Gasteiger partial charge in [0, 0.05) is 29.9 Å². The SMILES string of the molecule is OCCC1CCCCN1c1ncc(Br)cc1Cl. The summed E-state index contributed by atoms with van der Waals surface area (Å²) < 4.78 is 0.891. The molecular weight excluding hydrogens is 304 g/mol. The quantitative estimate of drug-likeness (QED) is 0.929. The number of anilines is 1. The van der Waals surface area contributed by atoms with Crippen molar-refractivity contribution in [2.24, 2.45) is 0 Å². The van der Waals surface area contributed by atoms with Crippen LogP contribution < -0.4 is 4.90 Å². The molecule has 1 aromatic rings. The Morgan fingerprint density at radius 1 is 1.53 bits per heavy atom. The molecule has 0 radical (unpaired) electrons. The van der Waals surface area contributed by atoms with E-state index in [1.807, 2.05) is 6.07 Å². The summed E-state index contributed by atoms with van der Waals surface area (Å²) in [6.07, 6.45) is 6.04. The Bertz CT molecular complexity index is 387. The van der Waals surface area contributed by atoms with Gasteiger partial charge in [0.1, 0.15) is 5.82 Å². The molecule has 0 bridgehead atoms. The van der Waals surface area contributed by atoms with Crippen LogP contribution >= 0.6 is 27.5 Å². The lowest BCUT2D eigenvalue weighted by molar-refractivity contribution is 0.262. The van der Waals surface area contributed by atoms with Crippen LogP contribution in [0, 0.1) is 0 Å². The summed E-state index contributed by atoms with van der Waals surface area (Å²) in [5.74, 6) is 0.841. The number of pyridine rings is 1. The van der Waals surface area contributed by atoms with E-state index < -0.39 is 0 Å². The van der Waals surface area contributed by atoms with Crippen LogP contribution in [0.5, 0.6) is 0 Å². The molecule has 1 aromatic heterocycles. The number of hydrogen-bond acceptors (Lipinski definition) is 3. The first kappa shape index (κ1) is 13.1. The molecule has 1 saturated heterocycles. The molecule has 0 aromatic carbocycles. The van der Waals surface area contributed by atoms with Crippen molar-refractivity contribution in [2.45, 2.75) is 31.7 Å². The van der Waals surface area contributed by atoms with Gasteiger partial charge in [-0.05, 0) is 47.7 Å². The van der Waals surface area contributed by atoms with E-state index in [2.05, 4.69) is 25.8 Å². The molecule has 2 heterocycles. The Hall–Kier alpha value is -0.320. The first-order valence-corrected chi connectivity index (χ1v) is 7.08. The van der Waals surface area contributed by atoms with Gasteiger partial charge < -0.3 is 10.0 Å². The molecule has 0 saturated carbocycles. The summed E-state index contributed by atoms with van der Waals surface area (Å²) in [6, 6.07) is 2.23. The molecule has 1 unspecified atom stereocenters. The van der Waals surface area contributed by atoms with Crippen molar-refractivity contribution >= 4 is 33.3 Å². The fraction of sp³-hybridized carbons (Fsp3) is 0.583. The summed E-state index contributed by atoms with van der Waals surface area (Å²) in [6.45, 7) is 1.19. The second-order valence-electron chi connectivity index (χ2n) is 4.31. The van der Waals surface area contributed by atoms with Crippen molar-refractivity contribution in [3.63, 3.8) is 0 Å². The summed E-state index contributed by atoms with van der Waals surface area (Å²) >= 11 is 9.59. The Balaban J connectivity index is 2.23. The first-order chi connectivity index (χ1) is 8.22. The molecule has 1 fully saturated rings. The molecule has 3 nitrogen and oxygen atoms in total. The number of aliphatic hydroxyl groups is 1. The Morgan fingerprint density at radius 2 is 2.35 bits per heavy atom. The molecule has 1 aliphatic heterocycles. The molecule has 1 N–H and O–H groups in total. The topological polar surface area (TPSA) is 36.4 Å². The van der Waals surface area contributed by atoms with Crippen LogP contribution in [0.25, 0.3) is 0 Å². The predicted molar refractivity (Wildman–Crippen MR) is 73.6 cm³/mol. The number of piperidine rings is 1. The van der Waals surface area contributed by atoms with Gasteiger partial charge in [0.05, 0.1) is 5.02 Å². The number of halogens is 2. The smallest absolute Gasteiger partial charge is 0.147 e. The molecule has 0 amide bonds. The maximum atomic E-state index is 9.11. The number of hydrogen-bond donors (Lipinski definition) is 1. The van der Waals surface area contributed by atoms with Crippen LogP contribution in [-0.4, -0.2) is 29.3 Å². The lowest BCUT2D eigenvalue weighted by atomic mass is 9.99. The molecule has 5 heteroatoms. The second-order valence-corrected chi connectivity index (χ2v) is 5.64. The van der Waals surface area contributed by atoms with Gasteiger partial charge in [-0.15, -0.1) is 0 Å². The normalized spacial score (nSPS) is 20.6. The zero-order chi connectivity index (χ0) is 12.3. The van der Waals surface area contributed by atoms with E-state index in [1.165, 1.54) is 6.42 Å². The zero-order valence-electron chi connectivity index (χ0n) is 9.57. The van der Waals surface area contributed by atoms with Gasteiger partial charge in [0.2, 0.25) is 0 Å². The highest BCUT2D eigenvalue weighted by atomic mass is 79.9. The van der Waals surface area contributed by atoms with Gasteiger partial charge in [-0.25, -0.2) is 4.98 Å². The Kier molecular flexibility index (Phi) is 4.65. The van der Waals surface area contributed by atoms with E-state index in [9.17, 15) is 0 Å². The monoisotopic (exact) mass is 318 g/mol. The van der Waals surface area contributed by atoms with Crippen molar-refractivity contribution in [1.29, 1.82) is 0 Å². The van der Waals surface area contributed by atoms with Crippen LogP contribution in [0.3, 0.4) is 0 Å². The van der Waals surface area contributed by atoms with Gasteiger partial charge in [0.25, 0.3) is 0 Å². The summed E-state index contributed by atoms with van der Waals surface area (Å²) in [5.41, 5.74) is 0. The lowest BCUT2D eigenvalue weighted by Crippen LogP contribution is -2.40. The Morgan fingerprint density at radius 3 is 3.06 bits per heavy atom. The minimum Gasteiger partial charge on any atom is -0.396 e. The van der Waals surface area contributed by atoms with Gasteiger partial charge in [-0.3, -0.25) is 0 Å². The molecule has 1 aliphatic rings. The van der Waals surface area contributed by atoms with Crippen molar-refractivity contribution in [1.82, 2.24) is 4.98 Å². The average Bonchev–Trinajstić information content (AvgIpc) is 2.31. The van der Waals surface area contributed by atoms with Crippen LogP contribution in [0.2, 0.25) is 5.02 Å². The Labute approximate surface area is 115 Å². The molecule has 1 atom stereocenters. The highest BCUT2D eigenvalue weighted by Crippen LogP contribution is 2.31. The molecule has 94 valence electrons. The zero-order valence-corrected chi connectivity index (χ0v) is 11.9. The summed E-state index contributed by atoms with van der Waals surface area (Å²) in [7, 11) is 0. The van der Waals surface area contributed by atoms with Gasteiger partial charge in [-0.1, -0.05) is 11.6 Å². The number of rotatable bonds is 3. The first-order valence-electron chi connectivity index (χ1n) is 5.91. The van der Waals surface area contributed by atoms with E-state index in [0.717, 1.165) is 36.1 Å². The van der Waals surface area contributed by atoms with E-state index in [4.69, 9.17) is 16.7 Å². The highest BCUT2D eigenvalue weighted by molar-refractivity contribution is 9.10. The van der Waals surface area contributed by atoms with Gasteiger partial charge >= 0.3 is 0 Å². The van der Waals surface area contributed by atoms with Crippen molar-refractivity contribution in [2.75, 3.05) is 18.1 Å². The molecule has 17 heavy (non-hydrogen) atoms. The average molecular weight is 320 g/mol. The van der Waals surface area contributed by atoms with Crippen LogP contribution in [0.4, 0.5) is 5.82 Å². The molecule has 0 spiro atoms. The summed E-state index contributed by atoms with van der Waals surface area (Å²) in [5, 5.41) is 9.78. The van der Waals surface area contributed by atoms with Crippen LogP contribution in [0.15, 0.2) is 16.7 Å². The van der Waals surface area contributed by atoms with E-state index in [1.54, 1.807) is 6.20 Å². The van der Waals surface area contributed by atoms with Crippen LogP contribution in [-0.2, 0) is 0 Å². The number of aliphatic hydroxyl groups excluding tert-OH is 1. The van der Waals surface area contributed by atoms with E-state index in [-0.39, 0.29) is 6.61 Å². The fourth-order valence-corrected chi connectivity index (χ4v) is 3.09. The van der Waals surface area contributed by atoms with Crippen molar-refractivity contribution in [3.05, 3.63) is 21.8 Å². The molecule has 2 rings (SSSR count). The third kappa shape index (κ3) is 3.12. The van der Waals surface area contributed by atoms with E-state index >= 15 is 0 Å². The fourth-order valence-electron chi connectivity index (χ4n) is 2.35. The number of aromatic nitrogens is 1. The third-order valence-corrected chi connectivity index (χ3v) is 3.86. The third-order valence-electron chi connectivity index (χ3n) is 3.15. The second kappa shape index (κ2) is 6.03. The van der Waals surface area contributed by atoms with Crippen molar-refractivity contribution < 1.29 is 5.11 Å². The lowest BCUT2D eigenvalue weighted by Gasteiger charge is -2.36. The molecule has 0 aliphatic carbocycles. The largest absolute Gasteiger partial charge is 0.396 e. The maximum absolute atomic E-state index is 9.11.